The number of hydrogen-bond donors (Lipinski definition) is 0. The summed E-state index contributed by atoms with van der Waals surface area (Å²) in [6, 6.07) is 10.1. The molecule has 2 nitrogen and oxygen atoms in total. The lowest BCUT2D eigenvalue weighted by Crippen LogP contribution is -1.85. The Morgan fingerprint density at radius 1 is 0.933 bits per heavy atom. The minimum Gasteiger partial charge on any atom is -0.251 e. The first-order valence-corrected chi connectivity index (χ1v) is 5.62. The largest absolute Gasteiger partial charge is 0.251 e. The molecule has 2 heterocycles. The molecule has 0 N–H and O–H groups in total. The van der Waals surface area contributed by atoms with Crippen LogP contribution in [0.5, 0.6) is 0 Å². The third kappa shape index (κ3) is 1.51. The maximum atomic E-state index is 4.55. The highest BCUT2D eigenvalue weighted by molar-refractivity contribution is 7.09. The molecule has 0 aliphatic heterocycles. The zero-order valence-electron chi connectivity index (χ0n) is 7.92. The molecule has 3 rings (SSSR count). The fraction of sp³-hybridized carbons (Fsp3) is 0. The van der Waals surface area contributed by atoms with Gasteiger partial charge in [-0.15, -0.1) is 11.3 Å². The summed E-state index contributed by atoms with van der Waals surface area (Å²) in [5.74, 6) is 0. The van der Waals surface area contributed by atoms with E-state index in [4.69, 9.17) is 0 Å². The minimum atomic E-state index is 0.932. The van der Waals surface area contributed by atoms with Gasteiger partial charge in [-0.05, 0) is 0 Å². The second-order valence-corrected chi connectivity index (χ2v) is 4.01. The number of hydrogen-bond acceptors (Lipinski definition) is 3. The highest BCUT2D eigenvalue weighted by Crippen LogP contribution is 2.20. The van der Waals surface area contributed by atoms with E-state index in [0.29, 0.717) is 0 Å². The van der Waals surface area contributed by atoms with Crippen molar-refractivity contribution < 1.29 is 0 Å². The number of nitrogens with zero attached hydrogens (tertiary/aromatic N) is 2. The van der Waals surface area contributed by atoms with E-state index in [1.54, 1.807) is 11.3 Å². The average Bonchev–Trinajstić information content (AvgIpc) is 2.77. The summed E-state index contributed by atoms with van der Waals surface area (Å²) in [5, 5.41) is 4.03. The molecule has 3 aromatic rings. The molecule has 2 aromatic heterocycles. The van der Waals surface area contributed by atoms with Gasteiger partial charge in [0.15, 0.2) is 0 Å². The van der Waals surface area contributed by atoms with Crippen molar-refractivity contribution in [1.82, 2.24) is 9.97 Å². The minimum absolute atomic E-state index is 0.932. The lowest BCUT2D eigenvalue weighted by molar-refractivity contribution is 1.31. The van der Waals surface area contributed by atoms with Crippen molar-refractivity contribution in [3.8, 4) is 11.3 Å². The van der Waals surface area contributed by atoms with Crippen LogP contribution >= 0.6 is 11.3 Å². The van der Waals surface area contributed by atoms with Gasteiger partial charge in [0, 0.05) is 16.3 Å². The van der Waals surface area contributed by atoms with Gasteiger partial charge in [0.05, 0.1) is 17.4 Å². The average molecular weight is 212 g/mol. The molecule has 3 heteroatoms. The van der Waals surface area contributed by atoms with Crippen LogP contribution < -0.4 is 0 Å². The van der Waals surface area contributed by atoms with Crippen molar-refractivity contribution >= 4 is 22.4 Å². The molecule has 15 heavy (non-hydrogen) atoms. The summed E-state index contributed by atoms with van der Waals surface area (Å²) in [7, 11) is 0. The summed E-state index contributed by atoms with van der Waals surface area (Å²) in [6.07, 6.45) is 1.82. The Kier molecular flexibility index (Phi) is 1.96. The molecule has 1 aromatic carbocycles. The van der Waals surface area contributed by atoms with E-state index in [-0.39, 0.29) is 0 Å². The number of aromatic nitrogens is 2. The predicted octanol–water partition coefficient (Wildman–Crippen LogP) is 3.36. The summed E-state index contributed by atoms with van der Waals surface area (Å²) in [5.41, 5.74) is 3.99. The van der Waals surface area contributed by atoms with Crippen molar-refractivity contribution in [1.29, 1.82) is 0 Å². The summed E-state index contributed by atoms with van der Waals surface area (Å²) in [6.45, 7) is 0. The smallest absolute Gasteiger partial charge is 0.100 e. The Morgan fingerprint density at radius 2 is 1.73 bits per heavy atom. The summed E-state index contributed by atoms with van der Waals surface area (Å²) in [4.78, 5) is 8.92. The Bertz CT molecular complexity index is 587. The van der Waals surface area contributed by atoms with E-state index in [1.807, 2.05) is 47.3 Å². The van der Waals surface area contributed by atoms with Gasteiger partial charge in [-0.1, -0.05) is 30.3 Å². The van der Waals surface area contributed by atoms with E-state index >= 15 is 0 Å². The van der Waals surface area contributed by atoms with Gasteiger partial charge >= 0.3 is 0 Å². The molecular weight excluding hydrogens is 204 g/mol. The van der Waals surface area contributed by atoms with Crippen molar-refractivity contribution in [2.75, 3.05) is 0 Å². The van der Waals surface area contributed by atoms with Crippen LogP contribution in [-0.2, 0) is 0 Å². The van der Waals surface area contributed by atoms with Crippen molar-refractivity contribution in [3.63, 3.8) is 0 Å². The molecule has 0 aliphatic carbocycles. The van der Waals surface area contributed by atoms with Crippen LogP contribution in [0.25, 0.3) is 22.3 Å². The summed E-state index contributed by atoms with van der Waals surface area (Å²) < 4.78 is 0. The van der Waals surface area contributed by atoms with Crippen LogP contribution in [0.15, 0.2) is 47.3 Å². The first kappa shape index (κ1) is 8.56. The number of rotatable bonds is 1. The topological polar surface area (TPSA) is 25.8 Å². The molecule has 0 aliphatic rings. The molecule has 0 saturated heterocycles. The maximum Gasteiger partial charge on any atom is 0.100 e. The van der Waals surface area contributed by atoms with Gasteiger partial charge < -0.3 is 0 Å². The molecule has 0 unspecified atom stereocenters. The van der Waals surface area contributed by atoms with E-state index in [2.05, 4.69) is 9.97 Å². The Morgan fingerprint density at radius 3 is 2.60 bits per heavy atom. The fourth-order valence-electron chi connectivity index (χ4n) is 1.50. The second kappa shape index (κ2) is 3.44. The van der Waals surface area contributed by atoms with Crippen LogP contribution in [0.3, 0.4) is 0 Å². The molecule has 72 valence electrons. The molecule has 0 radical (unpaired) electrons. The number of fused-ring (bicyclic) bond motifs is 1. The molecule has 0 fully saturated rings. The standard InChI is InChI=1S/C12H8N2S/c1-2-4-9(5-3-1)10-6-13-11-7-15-8-12(11)14-10/h1-8H. The Balaban J connectivity index is 2.19. The highest BCUT2D eigenvalue weighted by Gasteiger charge is 2.01. The third-order valence-corrected chi connectivity index (χ3v) is 2.98. The van der Waals surface area contributed by atoms with Gasteiger partial charge in [0.1, 0.15) is 5.52 Å². The second-order valence-electron chi connectivity index (χ2n) is 3.26. The fourth-order valence-corrected chi connectivity index (χ4v) is 2.18. The lowest BCUT2D eigenvalue weighted by Gasteiger charge is -1.99. The van der Waals surface area contributed by atoms with Gasteiger partial charge in [-0.3, -0.25) is 4.98 Å². The van der Waals surface area contributed by atoms with Gasteiger partial charge in [0.2, 0.25) is 0 Å². The summed E-state index contributed by atoms with van der Waals surface area (Å²) >= 11 is 1.63. The highest BCUT2D eigenvalue weighted by atomic mass is 32.1. The predicted molar refractivity (Wildman–Crippen MR) is 62.9 cm³/mol. The monoisotopic (exact) mass is 212 g/mol. The van der Waals surface area contributed by atoms with Crippen LogP contribution in [0.2, 0.25) is 0 Å². The van der Waals surface area contributed by atoms with Crippen LogP contribution in [0.4, 0.5) is 0 Å². The van der Waals surface area contributed by atoms with E-state index in [0.717, 1.165) is 22.3 Å². The zero-order valence-corrected chi connectivity index (χ0v) is 8.74. The van der Waals surface area contributed by atoms with Crippen molar-refractivity contribution in [2.24, 2.45) is 0 Å². The maximum absolute atomic E-state index is 4.55. The van der Waals surface area contributed by atoms with E-state index in [9.17, 15) is 0 Å². The van der Waals surface area contributed by atoms with Gasteiger partial charge in [-0.2, -0.15) is 0 Å². The van der Waals surface area contributed by atoms with Crippen LogP contribution in [-0.4, -0.2) is 9.97 Å². The molecule has 0 amide bonds. The van der Waals surface area contributed by atoms with Crippen molar-refractivity contribution in [2.45, 2.75) is 0 Å². The Hall–Kier alpha value is -1.74. The van der Waals surface area contributed by atoms with E-state index < -0.39 is 0 Å². The number of thiophene rings is 1. The normalized spacial score (nSPS) is 10.7. The molecular formula is C12H8N2S. The van der Waals surface area contributed by atoms with Crippen molar-refractivity contribution in [3.05, 3.63) is 47.3 Å². The zero-order chi connectivity index (χ0) is 10.1. The molecule has 0 spiro atoms. The quantitative estimate of drug-likeness (QED) is 0.618. The van der Waals surface area contributed by atoms with Gasteiger partial charge in [0.25, 0.3) is 0 Å². The molecule has 0 saturated carbocycles. The van der Waals surface area contributed by atoms with Crippen LogP contribution in [0.1, 0.15) is 0 Å². The lowest BCUT2D eigenvalue weighted by atomic mass is 10.2. The number of benzene rings is 1. The van der Waals surface area contributed by atoms with E-state index in [1.165, 1.54) is 0 Å². The third-order valence-electron chi connectivity index (χ3n) is 2.26. The molecule has 0 bridgehead atoms. The Labute approximate surface area is 91.2 Å². The first-order valence-electron chi connectivity index (χ1n) is 4.68. The molecule has 0 atom stereocenters. The van der Waals surface area contributed by atoms with Gasteiger partial charge in [-0.25, -0.2) is 4.98 Å². The SMILES string of the molecule is c1ccc(-c2cnc3cscc3n2)cc1. The first-order chi connectivity index (χ1) is 7.43. The van der Waals surface area contributed by atoms with Crippen LogP contribution in [0, 0.1) is 0 Å².